The fourth-order valence-electron chi connectivity index (χ4n) is 2.84. The summed E-state index contributed by atoms with van der Waals surface area (Å²) in [5, 5.41) is 10.3. The lowest BCUT2D eigenvalue weighted by atomic mass is 9.89. The molecular weight excluding hydrogens is 343 g/mol. The molecule has 0 spiro atoms. The van der Waals surface area contributed by atoms with Crippen molar-refractivity contribution in [1.82, 2.24) is 0 Å². The Morgan fingerprint density at radius 3 is 2.27 bits per heavy atom. The van der Waals surface area contributed by atoms with Crippen LogP contribution >= 0.6 is 0 Å². The van der Waals surface area contributed by atoms with Crippen molar-refractivity contribution < 1.29 is 23.0 Å². The van der Waals surface area contributed by atoms with Gasteiger partial charge < -0.3 is 15.6 Å². The number of hydrogen-bond donors (Lipinski definition) is 2. The fraction of sp³-hybridized carbons (Fsp3) is 0.200. The molecule has 1 aliphatic rings. The maximum Gasteiger partial charge on any atom is 0.137 e. The Morgan fingerprint density at radius 1 is 1.12 bits per heavy atom. The minimum atomic E-state index is -0.872. The smallest absolute Gasteiger partial charge is 0.137 e. The second-order valence-electron chi connectivity index (χ2n) is 6.10. The minimum absolute atomic E-state index is 0.0114. The molecule has 3 nitrogen and oxygen atoms in total. The number of ether oxygens (including phenoxy) is 1. The summed E-state index contributed by atoms with van der Waals surface area (Å²) < 4.78 is 47.5. The molecule has 6 heteroatoms. The van der Waals surface area contributed by atoms with Gasteiger partial charge in [0, 0.05) is 29.0 Å². The van der Waals surface area contributed by atoms with Gasteiger partial charge in [-0.25, -0.2) is 13.2 Å². The number of nitrogen functional groups attached to an aromatic ring is 1. The molecule has 0 saturated heterocycles. The van der Waals surface area contributed by atoms with Gasteiger partial charge in [0.1, 0.15) is 29.0 Å². The number of rotatable bonds is 4. The minimum Gasteiger partial charge on any atom is -0.508 e. The third-order valence-electron chi connectivity index (χ3n) is 4.42. The van der Waals surface area contributed by atoms with Gasteiger partial charge in [-0.15, -0.1) is 0 Å². The van der Waals surface area contributed by atoms with Crippen molar-refractivity contribution in [2.24, 2.45) is 0 Å². The zero-order valence-corrected chi connectivity index (χ0v) is 14.2. The van der Waals surface area contributed by atoms with E-state index in [-0.39, 0.29) is 33.9 Å². The fourth-order valence-corrected chi connectivity index (χ4v) is 2.84. The van der Waals surface area contributed by atoms with E-state index in [9.17, 15) is 18.3 Å². The number of aliphatic hydroxyl groups is 1. The molecule has 0 aliphatic heterocycles. The predicted molar refractivity (Wildman–Crippen MR) is 94.3 cm³/mol. The average Bonchev–Trinajstić information content (AvgIpc) is 2.51. The summed E-state index contributed by atoms with van der Waals surface area (Å²) in [6.45, 7) is 0. The first-order valence-electron chi connectivity index (χ1n) is 8.12. The zero-order chi connectivity index (χ0) is 18.8. The molecule has 0 unspecified atom stereocenters. The summed E-state index contributed by atoms with van der Waals surface area (Å²) in [5.74, 6) is -2.34. The van der Waals surface area contributed by atoms with Crippen LogP contribution in [0.4, 0.5) is 18.9 Å². The molecule has 1 fully saturated rings. The van der Waals surface area contributed by atoms with E-state index >= 15 is 0 Å². The van der Waals surface area contributed by atoms with Crippen molar-refractivity contribution in [3.05, 3.63) is 76.3 Å². The highest BCUT2D eigenvalue weighted by Gasteiger charge is 2.21. The van der Waals surface area contributed by atoms with Crippen molar-refractivity contribution in [1.29, 1.82) is 0 Å². The standard InChI is InChI=1S/C20H18F3NO2/c1-26-13-8-16(22)20(17(23)9-13)15(10-19(25)11-3-2-4-11)14-6-5-12(21)7-18(14)24/h5-10,25H,2-4,24H2,1H3/b15-10-. The van der Waals surface area contributed by atoms with E-state index < -0.39 is 17.5 Å². The van der Waals surface area contributed by atoms with Crippen LogP contribution in [0.3, 0.4) is 0 Å². The Hall–Kier alpha value is -2.89. The second kappa shape index (κ2) is 7.15. The van der Waals surface area contributed by atoms with Crippen LogP contribution in [0.1, 0.15) is 30.4 Å². The number of anilines is 1. The number of aliphatic hydroxyl groups excluding tert-OH is 1. The molecule has 26 heavy (non-hydrogen) atoms. The maximum absolute atomic E-state index is 14.6. The quantitative estimate of drug-likeness (QED) is 0.587. The number of halogens is 3. The van der Waals surface area contributed by atoms with E-state index in [1.807, 2.05) is 0 Å². The third-order valence-corrected chi connectivity index (χ3v) is 4.42. The molecular formula is C20H18F3NO2. The molecule has 0 heterocycles. The molecule has 1 saturated carbocycles. The van der Waals surface area contributed by atoms with E-state index in [1.54, 1.807) is 0 Å². The maximum atomic E-state index is 14.6. The van der Waals surface area contributed by atoms with Gasteiger partial charge in [-0.1, -0.05) is 0 Å². The van der Waals surface area contributed by atoms with Gasteiger partial charge in [0.25, 0.3) is 0 Å². The summed E-state index contributed by atoms with van der Waals surface area (Å²) in [6.07, 6.45) is 3.68. The van der Waals surface area contributed by atoms with E-state index in [2.05, 4.69) is 0 Å². The lowest BCUT2D eigenvalue weighted by Gasteiger charge is -2.19. The molecule has 136 valence electrons. The molecule has 0 radical (unpaired) electrons. The molecule has 0 atom stereocenters. The Balaban J connectivity index is 2.24. The van der Waals surface area contributed by atoms with Gasteiger partial charge in [-0.05, 0) is 49.1 Å². The predicted octanol–water partition coefficient (Wildman–Crippen LogP) is 5.12. The molecule has 3 N–H and O–H groups in total. The number of allylic oxidation sites excluding steroid dienone is 2. The summed E-state index contributed by atoms with van der Waals surface area (Å²) in [6, 6.07) is 5.62. The largest absolute Gasteiger partial charge is 0.508 e. The van der Waals surface area contributed by atoms with Crippen LogP contribution in [0.15, 0.2) is 47.7 Å². The van der Waals surface area contributed by atoms with E-state index in [1.165, 1.54) is 19.3 Å². The van der Waals surface area contributed by atoms with Crippen molar-refractivity contribution in [3.8, 4) is 5.75 Å². The second-order valence-corrected chi connectivity index (χ2v) is 6.10. The van der Waals surface area contributed by atoms with Gasteiger partial charge in [-0.3, -0.25) is 0 Å². The van der Waals surface area contributed by atoms with Crippen LogP contribution in [0.5, 0.6) is 5.75 Å². The van der Waals surface area contributed by atoms with Crippen LogP contribution < -0.4 is 10.5 Å². The zero-order valence-electron chi connectivity index (χ0n) is 14.2. The molecule has 3 rings (SSSR count). The number of methoxy groups -OCH3 is 1. The average molecular weight is 361 g/mol. The van der Waals surface area contributed by atoms with Crippen LogP contribution in [0.2, 0.25) is 0 Å². The molecule has 0 amide bonds. The topological polar surface area (TPSA) is 55.5 Å². The molecule has 2 aromatic carbocycles. The van der Waals surface area contributed by atoms with E-state index in [4.69, 9.17) is 10.5 Å². The summed E-state index contributed by atoms with van der Waals surface area (Å²) in [5.41, 5.74) is 6.58. The Morgan fingerprint density at radius 2 is 1.77 bits per heavy atom. The van der Waals surface area contributed by atoms with Gasteiger partial charge in [0.05, 0.1) is 12.7 Å². The van der Waals surface area contributed by atoms with Gasteiger partial charge in [0.2, 0.25) is 0 Å². The first-order valence-corrected chi connectivity index (χ1v) is 8.12. The summed E-state index contributed by atoms with van der Waals surface area (Å²) in [4.78, 5) is 0. The van der Waals surface area contributed by atoms with E-state index in [0.29, 0.717) is 0 Å². The number of nitrogens with two attached hydrogens (primary N) is 1. The van der Waals surface area contributed by atoms with Gasteiger partial charge >= 0.3 is 0 Å². The van der Waals surface area contributed by atoms with Gasteiger partial charge in [-0.2, -0.15) is 0 Å². The SMILES string of the molecule is COc1cc(F)c(/C(=C\C(O)=C2CCC2)c2ccc(F)cc2N)c(F)c1. The monoisotopic (exact) mass is 361 g/mol. The lowest BCUT2D eigenvalue weighted by molar-refractivity contribution is 0.406. The van der Waals surface area contributed by atoms with Crippen LogP contribution in [0, 0.1) is 17.5 Å². The highest BCUT2D eigenvalue weighted by atomic mass is 19.1. The third kappa shape index (κ3) is 3.40. The summed E-state index contributed by atoms with van der Waals surface area (Å²) in [7, 11) is 1.30. The first-order chi connectivity index (χ1) is 12.4. The summed E-state index contributed by atoms with van der Waals surface area (Å²) >= 11 is 0. The van der Waals surface area contributed by atoms with Crippen molar-refractivity contribution >= 4 is 11.3 Å². The molecule has 0 aromatic heterocycles. The first kappa shape index (κ1) is 17.9. The number of benzene rings is 2. The molecule has 2 aromatic rings. The number of hydrogen-bond acceptors (Lipinski definition) is 3. The Bertz CT molecular complexity index is 890. The Kier molecular flexibility index (Phi) is 4.93. The van der Waals surface area contributed by atoms with Gasteiger partial charge in [0.15, 0.2) is 0 Å². The molecule has 1 aliphatic carbocycles. The highest BCUT2D eigenvalue weighted by molar-refractivity contribution is 5.87. The highest BCUT2D eigenvalue weighted by Crippen LogP contribution is 2.36. The molecule has 0 bridgehead atoms. The van der Waals surface area contributed by atoms with Crippen molar-refractivity contribution in [2.45, 2.75) is 19.3 Å². The Labute approximate surface area is 149 Å². The lowest BCUT2D eigenvalue weighted by Crippen LogP contribution is -2.04. The van der Waals surface area contributed by atoms with Crippen molar-refractivity contribution in [3.63, 3.8) is 0 Å². The van der Waals surface area contributed by atoms with E-state index in [0.717, 1.165) is 49.1 Å². The van der Waals surface area contributed by atoms with Crippen LogP contribution in [0.25, 0.3) is 5.57 Å². The van der Waals surface area contributed by atoms with Crippen LogP contribution in [-0.2, 0) is 0 Å². The normalized spacial score (nSPS) is 14.2. The van der Waals surface area contributed by atoms with Crippen LogP contribution in [-0.4, -0.2) is 12.2 Å². The van der Waals surface area contributed by atoms with Crippen molar-refractivity contribution in [2.75, 3.05) is 12.8 Å².